The maximum Gasteiger partial charge on any atom is 0.252 e. The highest BCUT2D eigenvalue weighted by Crippen LogP contribution is 2.16. The molecule has 1 aliphatic rings. The highest BCUT2D eigenvalue weighted by Gasteiger charge is 2.20. The van der Waals surface area contributed by atoms with Crippen molar-refractivity contribution in [3.8, 4) is 0 Å². The molecule has 3 heterocycles. The van der Waals surface area contributed by atoms with Crippen molar-refractivity contribution in [3.05, 3.63) is 51.6 Å². The number of nitrogens with zero attached hydrogens (tertiary/aromatic N) is 5. The van der Waals surface area contributed by atoms with Crippen LogP contribution in [0.1, 0.15) is 29.8 Å². The molecule has 4 rings (SSSR count). The van der Waals surface area contributed by atoms with E-state index in [1.54, 1.807) is 4.68 Å². The van der Waals surface area contributed by atoms with Crippen LogP contribution in [0.2, 0.25) is 0 Å². The standard InChI is InChI=1S/C20H26N6O3/c1-14-4-5-18-15(9-14)10-16(20(28)21-18)11-25(6-7-27)13-19-22-23-24-26(19)12-17-3-2-8-29-17/h4-5,9-10,17,27H,2-3,6-8,11-13H2,1H3,(H,21,28)/t17-/m0/s1. The minimum absolute atomic E-state index is 0.0160. The van der Waals surface area contributed by atoms with E-state index in [4.69, 9.17) is 4.74 Å². The Morgan fingerprint density at radius 3 is 3.03 bits per heavy atom. The van der Waals surface area contributed by atoms with Crippen LogP contribution in [-0.2, 0) is 24.4 Å². The predicted octanol–water partition coefficient (Wildman–Crippen LogP) is 0.997. The number of fused-ring (bicyclic) bond motifs is 1. The number of aromatic nitrogens is 5. The van der Waals surface area contributed by atoms with Crippen molar-refractivity contribution in [2.45, 2.75) is 45.5 Å². The summed E-state index contributed by atoms with van der Waals surface area (Å²) in [7, 11) is 0. The van der Waals surface area contributed by atoms with Crippen LogP contribution in [0.3, 0.4) is 0 Å². The van der Waals surface area contributed by atoms with Crippen LogP contribution in [0.15, 0.2) is 29.1 Å². The second-order valence-corrected chi connectivity index (χ2v) is 7.56. The van der Waals surface area contributed by atoms with Gasteiger partial charge in [-0.2, -0.15) is 0 Å². The summed E-state index contributed by atoms with van der Waals surface area (Å²) in [6, 6.07) is 7.86. The fourth-order valence-corrected chi connectivity index (χ4v) is 3.74. The Morgan fingerprint density at radius 2 is 2.24 bits per heavy atom. The van der Waals surface area contributed by atoms with Crippen molar-refractivity contribution >= 4 is 10.9 Å². The van der Waals surface area contributed by atoms with Gasteiger partial charge in [0, 0.05) is 30.8 Å². The van der Waals surface area contributed by atoms with E-state index in [2.05, 4.69) is 20.5 Å². The first-order valence-electron chi connectivity index (χ1n) is 9.95. The molecule has 9 heteroatoms. The number of hydrogen-bond acceptors (Lipinski definition) is 7. The fourth-order valence-electron chi connectivity index (χ4n) is 3.74. The van der Waals surface area contributed by atoms with Crippen LogP contribution in [0.25, 0.3) is 10.9 Å². The average Bonchev–Trinajstić information content (AvgIpc) is 3.36. The highest BCUT2D eigenvalue weighted by molar-refractivity contribution is 5.79. The predicted molar refractivity (Wildman–Crippen MR) is 107 cm³/mol. The number of aromatic amines is 1. The summed E-state index contributed by atoms with van der Waals surface area (Å²) < 4.78 is 7.44. The van der Waals surface area contributed by atoms with Crippen LogP contribution in [-0.4, -0.2) is 61.1 Å². The molecule has 1 aliphatic heterocycles. The second-order valence-electron chi connectivity index (χ2n) is 7.56. The molecule has 9 nitrogen and oxygen atoms in total. The van der Waals surface area contributed by atoms with Gasteiger partial charge in [-0.25, -0.2) is 4.68 Å². The fraction of sp³-hybridized carbons (Fsp3) is 0.500. The first-order valence-corrected chi connectivity index (χ1v) is 9.95. The third-order valence-electron chi connectivity index (χ3n) is 5.26. The molecule has 29 heavy (non-hydrogen) atoms. The summed E-state index contributed by atoms with van der Waals surface area (Å²) in [6.45, 7) is 4.65. The lowest BCUT2D eigenvalue weighted by Gasteiger charge is -2.21. The van der Waals surface area contributed by atoms with Crippen LogP contribution in [0.5, 0.6) is 0 Å². The topological polar surface area (TPSA) is 109 Å². The van der Waals surface area contributed by atoms with Crippen molar-refractivity contribution < 1.29 is 9.84 Å². The number of ether oxygens (including phenoxy) is 1. The van der Waals surface area contributed by atoms with E-state index in [1.165, 1.54) is 0 Å². The van der Waals surface area contributed by atoms with E-state index in [0.717, 1.165) is 35.9 Å². The van der Waals surface area contributed by atoms with Gasteiger partial charge in [0.25, 0.3) is 5.56 Å². The van der Waals surface area contributed by atoms with Crippen LogP contribution >= 0.6 is 0 Å². The molecular formula is C20H26N6O3. The number of H-pyrrole nitrogens is 1. The van der Waals surface area contributed by atoms with Gasteiger partial charge in [-0.3, -0.25) is 9.69 Å². The molecule has 0 spiro atoms. The number of pyridine rings is 1. The number of aliphatic hydroxyl groups excluding tert-OH is 1. The molecular weight excluding hydrogens is 372 g/mol. The van der Waals surface area contributed by atoms with E-state index in [9.17, 15) is 9.90 Å². The molecule has 2 N–H and O–H groups in total. The molecule has 1 fully saturated rings. The van der Waals surface area contributed by atoms with Gasteiger partial charge in [0.1, 0.15) is 0 Å². The summed E-state index contributed by atoms with van der Waals surface area (Å²) in [5.74, 6) is 0.696. The van der Waals surface area contributed by atoms with E-state index in [0.29, 0.717) is 37.6 Å². The van der Waals surface area contributed by atoms with Gasteiger partial charge in [0.2, 0.25) is 0 Å². The average molecular weight is 398 g/mol. The lowest BCUT2D eigenvalue weighted by Crippen LogP contribution is -2.31. The zero-order chi connectivity index (χ0) is 20.2. The van der Waals surface area contributed by atoms with Gasteiger partial charge in [-0.15, -0.1) is 5.10 Å². The molecule has 1 saturated heterocycles. The molecule has 1 atom stereocenters. The van der Waals surface area contributed by atoms with Crippen LogP contribution < -0.4 is 5.56 Å². The molecule has 2 aromatic heterocycles. The lowest BCUT2D eigenvalue weighted by molar-refractivity contribution is 0.0912. The van der Waals surface area contributed by atoms with Crippen LogP contribution in [0, 0.1) is 6.92 Å². The summed E-state index contributed by atoms with van der Waals surface area (Å²) in [4.78, 5) is 17.5. The van der Waals surface area contributed by atoms with Gasteiger partial charge in [0.05, 0.1) is 25.8 Å². The number of aryl methyl sites for hydroxylation is 1. The number of benzene rings is 1. The van der Waals surface area contributed by atoms with E-state index >= 15 is 0 Å². The van der Waals surface area contributed by atoms with Crippen molar-refractivity contribution in [2.75, 3.05) is 19.8 Å². The molecule has 0 amide bonds. The zero-order valence-electron chi connectivity index (χ0n) is 16.5. The maximum absolute atomic E-state index is 12.6. The SMILES string of the molecule is Cc1ccc2[nH]c(=O)c(CN(CCO)Cc3nnnn3C[C@@H]3CCCO3)cc2c1. The third-order valence-corrected chi connectivity index (χ3v) is 5.26. The smallest absolute Gasteiger partial charge is 0.252 e. The molecule has 0 radical (unpaired) electrons. The van der Waals surface area contributed by atoms with Gasteiger partial charge in [-0.1, -0.05) is 11.6 Å². The van der Waals surface area contributed by atoms with E-state index in [1.807, 2.05) is 36.1 Å². The molecule has 0 aliphatic carbocycles. The van der Waals surface area contributed by atoms with E-state index in [-0.39, 0.29) is 18.3 Å². The lowest BCUT2D eigenvalue weighted by atomic mass is 10.1. The summed E-state index contributed by atoms with van der Waals surface area (Å²) in [5.41, 5.74) is 2.48. The third kappa shape index (κ3) is 4.69. The number of tetrazole rings is 1. The number of nitrogens with one attached hydrogen (secondary N) is 1. The molecule has 0 saturated carbocycles. The Bertz CT molecular complexity index is 1020. The van der Waals surface area contributed by atoms with E-state index < -0.39 is 0 Å². The highest BCUT2D eigenvalue weighted by atomic mass is 16.5. The quantitative estimate of drug-likeness (QED) is 0.582. The Kier molecular flexibility index (Phi) is 5.98. The van der Waals surface area contributed by atoms with Gasteiger partial charge in [-0.05, 0) is 53.8 Å². The van der Waals surface area contributed by atoms with Crippen molar-refractivity contribution in [2.24, 2.45) is 0 Å². The number of rotatable bonds is 8. The molecule has 0 unspecified atom stereocenters. The minimum atomic E-state index is -0.122. The zero-order valence-corrected chi connectivity index (χ0v) is 16.5. The van der Waals surface area contributed by atoms with Gasteiger partial charge >= 0.3 is 0 Å². The second kappa shape index (κ2) is 8.81. The largest absolute Gasteiger partial charge is 0.395 e. The van der Waals surface area contributed by atoms with Crippen LogP contribution in [0.4, 0.5) is 0 Å². The molecule has 0 bridgehead atoms. The van der Waals surface area contributed by atoms with Gasteiger partial charge < -0.3 is 14.8 Å². The summed E-state index contributed by atoms with van der Waals surface area (Å²) in [5, 5.41) is 22.5. The molecule has 1 aromatic carbocycles. The Labute approximate surface area is 168 Å². The number of aliphatic hydroxyl groups is 1. The van der Waals surface area contributed by atoms with Crippen molar-refractivity contribution in [3.63, 3.8) is 0 Å². The number of hydrogen-bond donors (Lipinski definition) is 2. The summed E-state index contributed by atoms with van der Waals surface area (Å²) >= 11 is 0. The Hall–Kier alpha value is -2.62. The monoisotopic (exact) mass is 398 g/mol. The molecule has 3 aromatic rings. The Balaban J connectivity index is 1.53. The minimum Gasteiger partial charge on any atom is -0.395 e. The first-order chi connectivity index (χ1) is 14.1. The maximum atomic E-state index is 12.6. The first kappa shape index (κ1) is 19.7. The Morgan fingerprint density at radius 1 is 1.34 bits per heavy atom. The molecule has 154 valence electrons. The van der Waals surface area contributed by atoms with Gasteiger partial charge in [0.15, 0.2) is 5.82 Å². The van der Waals surface area contributed by atoms with Crippen molar-refractivity contribution in [1.82, 2.24) is 30.1 Å². The summed E-state index contributed by atoms with van der Waals surface area (Å²) in [6.07, 6.45) is 2.20. The normalized spacial score (nSPS) is 16.9. The van der Waals surface area contributed by atoms with Crippen molar-refractivity contribution in [1.29, 1.82) is 0 Å².